The van der Waals surface area contributed by atoms with E-state index in [0.29, 0.717) is 23.5 Å². The van der Waals surface area contributed by atoms with Crippen molar-refractivity contribution < 1.29 is 106 Å². The molecular weight excluding hydrogens is 827 g/mol. The molecule has 26 heteroatoms. The maximum atomic E-state index is 13.7. The predicted octanol–water partition coefficient (Wildman–Crippen LogP) is -2.45. The molecule has 6 aromatic carbocycles. The van der Waals surface area contributed by atoms with Crippen LogP contribution in [-0.2, 0) is 30.4 Å². The monoisotopic (exact) mass is 851 g/mol. The molecule has 0 aliphatic carbocycles. The van der Waals surface area contributed by atoms with Crippen molar-refractivity contribution in [2.24, 2.45) is 30.7 Å². The first-order valence-electron chi connectivity index (χ1n) is 15.7. The second-order valence-electron chi connectivity index (χ2n) is 11.7. The van der Waals surface area contributed by atoms with Gasteiger partial charge >= 0.3 is 56.6 Å². The van der Waals surface area contributed by atoms with Gasteiger partial charge in [0.05, 0.1) is 44.7 Å². The first-order chi connectivity index (χ1) is 26.8. The second kappa shape index (κ2) is 19.5. The van der Waals surface area contributed by atoms with Gasteiger partial charge in [-0.2, -0.15) is 37.3 Å². The number of rotatable bonds is 11. The summed E-state index contributed by atoms with van der Waals surface area (Å²) in [5.74, 6) is -1.67. The Balaban J connectivity index is 0.00000320. The zero-order valence-electron chi connectivity index (χ0n) is 31.4. The third-order valence-electron chi connectivity index (χ3n) is 7.78. The summed E-state index contributed by atoms with van der Waals surface area (Å²) in [5, 5.41) is 50.4. The Morgan fingerprint density at radius 3 is 1.68 bits per heavy atom. The van der Waals surface area contributed by atoms with E-state index in [0.717, 1.165) is 12.1 Å². The van der Waals surface area contributed by atoms with Crippen LogP contribution in [0.2, 0.25) is 0 Å². The molecule has 0 radical (unpaired) electrons. The standard InChI is InChI=1S/C34H27N9O11S3.3Li/c35-19-6-12-24(26(44)16-19)41-38-22-9-7-20(8-10-22)37-25-13-11-23(17-27(25)55(46,47)48)40-42-32-28(56(49,50)51)14-18-15-29(57(52,53)54)33(34(45)30(18)31(32)36)43-39-21-4-2-1-3-5-21;;;/h1-17,37,44-45H,35-36H2,(H,46,47,48)(H,49,50,51)(H,52,53,54);;;/q;3*+1/p-3. The van der Waals surface area contributed by atoms with Crippen molar-refractivity contribution >= 4 is 98.0 Å². The molecule has 0 unspecified atom stereocenters. The van der Waals surface area contributed by atoms with E-state index >= 15 is 0 Å². The van der Waals surface area contributed by atoms with Crippen LogP contribution in [0.15, 0.2) is 149 Å². The van der Waals surface area contributed by atoms with E-state index in [1.54, 1.807) is 18.2 Å². The summed E-state index contributed by atoms with van der Waals surface area (Å²) in [6, 6.07) is 22.2. The van der Waals surface area contributed by atoms with E-state index in [4.69, 9.17) is 11.5 Å². The maximum absolute atomic E-state index is 13.7. The Bertz CT molecular complexity index is 3020. The molecule has 60 heavy (non-hydrogen) atoms. The molecule has 0 spiro atoms. The molecule has 0 bridgehead atoms. The van der Waals surface area contributed by atoms with Gasteiger partial charge in [-0.15, -0.1) is 10.2 Å². The molecule has 20 nitrogen and oxygen atoms in total. The van der Waals surface area contributed by atoms with Crippen LogP contribution in [0.4, 0.5) is 56.9 Å². The fraction of sp³-hybridized carbons (Fsp3) is 0. The Kier molecular flexibility index (Phi) is 16.0. The molecule has 0 heterocycles. The molecule has 0 amide bonds. The van der Waals surface area contributed by atoms with Crippen LogP contribution in [0.25, 0.3) is 10.8 Å². The Morgan fingerprint density at radius 2 is 1.10 bits per heavy atom. The molecule has 0 atom stereocenters. The smallest absolute Gasteiger partial charge is 0.871 e. The van der Waals surface area contributed by atoms with Crippen LogP contribution < -0.4 is 83.6 Å². The zero-order valence-corrected chi connectivity index (χ0v) is 33.9. The molecule has 0 saturated carbocycles. The fourth-order valence-electron chi connectivity index (χ4n) is 5.17. The number of nitrogen functional groups attached to an aromatic ring is 2. The molecule has 292 valence electrons. The van der Waals surface area contributed by atoms with Gasteiger partial charge in [-0.1, -0.05) is 29.7 Å². The Morgan fingerprint density at radius 1 is 0.567 bits per heavy atom. The average molecular weight is 852 g/mol. The van der Waals surface area contributed by atoms with Crippen LogP contribution in [0.1, 0.15) is 0 Å². The van der Waals surface area contributed by atoms with Gasteiger partial charge in [0.25, 0.3) is 20.2 Å². The summed E-state index contributed by atoms with van der Waals surface area (Å²) in [6.07, 6.45) is 0. The van der Waals surface area contributed by atoms with Gasteiger partial charge in [0.2, 0.25) is 0 Å². The van der Waals surface area contributed by atoms with Gasteiger partial charge in [0, 0.05) is 16.8 Å². The third kappa shape index (κ3) is 11.4. The number of anilines is 4. The van der Waals surface area contributed by atoms with Gasteiger partial charge in [0.15, 0.2) is 0 Å². The van der Waals surface area contributed by atoms with Crippen LogP contribution in [0.3, 0.4) is 0 Å². The van der Waals surface area contributed by atoms with Crippen molar-refractivity contribution in [2.45, 2.75) is 14.7 Å². The maximum Gasteiger partial charge on any atom is 1.00 e. The molecular formula is C34H24Li3N9O11S3. The van der Waals surface area contributed by atoms with Crippen molar-refractivity contribution in [3.63, 3.8) is 0 Å². The van der Waals surface area contributed by atoms with Crippen LogP contribution in [0.5, 0.6) is 11.5 Å². The molecule has 6 rings (SSSR count). The predicted molar refractivity (Wildman–Crippen MR) is 201 cm³/mol. The average Bonchev–Trinajstić information content (AvgIpc) is 3.13. The molecule has 0 aromatic heterocycles. The minimum absolute atomic E-state index is 0. The molecule has 7 N–H and O–H groups in total. The summed E-state index contributed by atoms with van der Waals surface area (Å²) in [4.78, 5) is -2.93. The summed E-state index contributed by atoms with van der Waals surface area (Å²) < 4.78 is 106. The number of fused-ring (bicyclic) bond motifs is 1. The van der Waals surface area contributed by atoms with Crippen LogP contribution in [-0.4, -0.2) is 38.9 Å². The van der Waals surface area contributed by atoms with Gasteiger partial charge in [-0.25, -0.2) is 8.42 Å². The first-order valence-corrected chi connectivity index (χ1v) is 20.0. The summed E-state index contributed by atoms with van der Waals surface area (Å²) in [6.45, 7) is 0. The van der Waals surface area contributed by atoms with E-state index in [2.05, 4.69) is 36.0 Å². The number of azo groups is 3. The number of nitrogens with one attached hydrogen (secondary N) is 1. The summed E-state index contributed by atoms with van der Waals surface area (Å²) >= 11 is 0. The molecule has 0 fully saturated rings. The number of nitrogens with two attached hydrogens (primary N) is 2. The van der Waals surface area contributed by atoms with E-state index in [9.17, 15) is 49.1 Å². The molecule has 0 saturated heterocycles. The number of hydrogen-bond donors (Lipinski definition) is 5. The minimum Gasteiger partial charge on any atom is -0.871 e. The SMILES string of the molecule is Nc1ccc(N=Nc2ccc(Nc3ccc(N=Nc4c(S(=O)(=O)O)cc5cc(S(=O)(=O)O)c(N=Nc6ccccc6)c([O-])c5c4N)cc3S(=O)(=O)[O-])cc2)c([O-])c1.[Li+].[Li+].[Li+]. The van der Waals surface area contributed by atoms with Crippen LogP contribution in [0, 0.1) is 0 Å². The first kappa shape index (κ1) is 49.3. The van der Waals surface area contributed by atoms with Crippen molar-refractivity contribution in [1.29, 1.82) is 0 Å². The third-order valence-corrected chi connectivity index (χ3v) is 10.4. The molecule has 6 aromatic rings. The van der Waals surface area contributed by atoms with Crippen molar-refractivity contribution in [1.82, 2.24) is 0 Å². The van der Waals surface area contributed by atoms with Crippen molar-refractivity contribution in [3.05, 3.63) is 103 Å². The van der Waals surface area contributed by atoms with E-state index in [1.807, 2.05) is 0 Å². The number of nitrogens with zero attached hydrogens (tertiary/aromatic N) is 6. The van der Waals surface area contributed by atoms with E-state index in [1.165, 1.54) is 60.7 Å². The minimum atomic E-state index is -5.24. The normalized spacial score (nSPS) is 12.0. The Labute approximate surface area is 377 Å². The number of hydrogen-bond acceptors (Lipinski definition) is 18. The number of benzene rings is 6. The topological polar surface area (TPSA) is 350 Å². The largest absolute Gasteiger partial charge is 1.00 e. The fourth-order valence-corrected chi connectivity index (χ4v) is 7.15. The van der Waals surface area contributed by atoms with Gasteiger partial charge in [0.1, 0.15) is 25.6 Å². The van der Waals surface area contributed by atoms with Gasteiger partial charge in [-0.05, 0) is 90.3 Å². The summed E-state index contributed by atoms with van der Waals surface area (Å²) in [7, 11) is -15.6. The molecule has 0 aliphatic heterocycles. The quantitative estimate of drug-likeness (QED) is 0.0391. The van der Waals surface area contributed by atoms with Crippen molar-refractivity contribution in [2.75, 3.05) is 16.8 Å². The second-order valence-corrected chi connectivity index (χ2v) is 15.8. The zero-order chi connectivity index (χ0) is 41.3. The van der Waals surface area contributed by atoms with E-state index < -0.39 is 84.4 Å². The van der Waals surface area contributed by atoms with Gasteiger partial charge in [-0.3, -0.25) is 9.11 Å². The van der Waals surface area contributed by atoms with Crippen molar-refractivity contribution in [3.8, 4) is 11.5 Å². The van der Waals surface area contributed by atoms with Crippen LogP contribution >= 0.6 is 0 Å². The Hall–Kier alpha value is -5.10. The molecule has 0 aliphatic rings. The van der Waals surface area contributed by atoms with E-state index in [-0.39, 0.29) is 85.0 Å². The van der Waals surface area contributed by atoms with Gasteiger partial charge < -0.3 is 31.5 Å². The summed E-state index contributed by atoms with van der Waals surface area (Å²) in [5.41, 5.74) is 9.86.